The number of benzene rings is 2. The standard InChI is InChI=1S/C20H26N2O6S/c1-22(2)29(24,25)17-11-12-19(27-4)18(14-17)21-20(23)6-5-13-28-16-9-7-15(26-3)8-10-16/h7-12,14H,5-6,13H2,1-4H3,(H,21,23). The highest BCUT2D eigenvalue weighted by atomic mass is 32.2. The van der Waals surface area contributed by atoms with Gasteiger partial charge in [-0.05, 0) is 48.9 Å². The number of anilines is 1. The van der Waals surface area contributed by atoms with Gasteiger partial charge >= 0.3 is 0 Å². The van der Waals surface area contributed by atoms with Gasteiger partial charge in [0.25, 0.3) is 0 Å². The highest BCUT2D eigenvalue weighted by Crippen LogP contribution is 2.28. The molecule has 0 aliphatic carbocycles. The number of hydrogen-bond donors (Lipinski definition) is 1. The molecule has 8 nitrogen and oxygen atoms in total. The minimum atomic E-state index is -3.62. The number of amides is 1. The Balaban J connectivity index is 1.93. The molecule has 2 aromatic rings. The molecular formula is C20H26N2O6S. The van der Waals surface area contributed by atoms with Crippen molar-refractivity contribution in [3.05, 3.63) is 42.5 Å². The zero-order valence-electron chi connectivity index (χ0n) is 17.0. The zero-order valence-corrected chi connectivity index (χ0v) is 17.8. The molecule has 0 radical (unpaired) electrons. The summed E-state index contributed by atoms with van der Waals surface area (Å²) < 4.78 is 41.6. The van der Waals surface area contributed by atoms with E-state index in [-0.39, 0.29) is 17.2 Å². The van der Waals surface area contributed by atoms with E-state index in [2.05, 4.69) is 5.32 Å². The maximum atomic E-state index is 12.3. The van der Waals surface area contributed by atoms with Crippen LogP contribution in [0.4, 0.5) is 5.69 Å². The Labute approximate surface area is 171 Å². The van der Waals surface area contributed by atoms with Crippen molar-refractivity contribution in [2.75, 3.05) is 40.2 Å². The monoisotopic (exact) mass is 422 g/mol. The van der Waals surface area contributed by atoms with Crippen molar-refractivity contribution < 1.29 is 27.4 Å². The second-order valence-electron chi connectivity index (χ2n) is 6.33. The lowest BCUT2D eigenvalue weighted by Crippen LogP contribution is -2.22. The fourth-order valence-corrected chi connectivity index (χ4v) is 3.39. The van der Waals surface area contributed by atoms with Crippen LogP contribution < -0.4 is 19.5 Å². The van der Waals surface area contributed by atoms with Gasteiger partial charge in [0.15, 0.2) is 0 Å². The van der Waals surface area contributed by atoms with Crippen molar-refractivity contribution in [3.63, 3.8) is 0 Å². The molecule has 0 unspecified atom stereocenters. The minimum Gasteiger partial charge on any atom is -0.497 e. The summed E-state index contributed by atoms with van der Waals surface area (Å²) in [6, 6.07) is 11.5. The Bertz CT molecular complexity index is 926. The lowest BCUT2D eigenvalue weighted by molar-refractivity contribution is -0.116. The van der Waals surface area contributed by atoms with E-state index in [0.29, 0.717) is 30.2 Å². The van der Waals surface area contributed by atoms with Crippen molar-refractivity contribution in [1.82, 2.24) is 4.31 Å². The van der Waals surface area contributed by atoms with Crippen LogP contribution in [0.3, 0.4) is 0 Å². The Morgan fingerprint density at radius 3 is 2.24 bits per heavy atom. The number of carbonyl (C=O) groups is 1. The average Bonchev–Trinajstić information content (AvgIpc) is 2.71. The lowest BCUT2D eigenvalue weighted by Gasteiger charge is -2.15. The maximum absolute atomic E-state index is 12.3. The Morgan fingerprint density at radius 1 is 1.00 bits per heavy atom. The first kappa shape index (κ1) is 22.5. The van der Waals surface area contributed by atoms with E-state index in [4.69, 9.17) is 14.2 Å². The molecule has 1 N–H and O–H groups in total. The molecule has 9 heteroatoms. The third-order valence-electron chi connectivity index (χ3n) is 4.10. The van der Waals surface area contributed by atoms with Crippen LogP contribution in [0.5, 0.6) is 17.2 Å². The summed E-state index contributed by atoms with van der Waals surface area (Å²) in [5.41, 5.74) is 0.302. The number of rotatable bonds is 10. The highest BCUT2D eigenvalue weighted by molar-refractivity contribution is 7.89. The molecule has 0 aromatic heterocycles. The normalized spacial score (nSPS) is 11.2. The predicted octanol–water partition coefficient (Wildman–Crippen LogP) is 2.75. The van der Waals surface area contributed by atoms with Gasteiger partial charge in [0, 0.05) is 20.5 Å². The molecule has 1 amide bonds. The molecule has 0 aliphatic heterocycles. The molecule has 2 aromatic carbocycles. The number of carbonyl (C=O) groups excluding carboxylic acids is 1. The third kappa shape index (κ3) is 6.10. The van der Waals surface area contributed by atoms with Crippen molar-refractivity contribution in [3.8, 4) is 17.2 Å². The molecule has 158 valence electrons. The molecule has 0 atom stereocenters. The first-order valence-electron chi connectivity index (χ1n) is 8.95. The van der Waals surface area contributed by atoms with Crippen molar-refractivity contribution in [2.24, 2.45) is 0 Å². The minimum absolute atomic E-state index is 0.0708. The van der Waals surface area contributed by atoms with Gasteiger partial charge in [-0.15, -0.1) is 0 Å². The van der Waals surface area contributed by atoms with Crippen LogP contribution in [0.25, 0.3) is 0 Å². The smallest absolute Gasteiger partial charge is 0.242 e. The van der Waals surface area contributed by atoms with Crippen molar-refractivity contribution in [1.29, 1.82) is 0 Å². The van der Waals surface area contributed by atoms with Crippen molar-refractivity contribution >= 4 is 21.6 Å². The fourth-order valence-electron chi connectivity index (χ4n) is 2.46. The van der Waals surface area contributed by atoms with Gasteiger partial charge in [0.1, 0.15) is 17.2 Å². The first-order valence-corrected chi connectivity index (χ1v) is 10.4. The van der Waals surface area contributed by atoms with E-state index in [0.717, 1.165) is 10.1 Å². The van der Waals surface area contributed by atoms with Gasteiger partial charge in [-0.2, -0.15) is 0 Å². The van der Waals surface area contributed by atoms with Gasteiger partial charge in [0.05, 0.1) is 31.4 Å². The quantitative estimate of drug-likeness (QED) is 0.592. The largest absolute Gasteiger partial charge is 0.497 e. The zero-order chi connectivity index (χ0) is 21.4. The van der Waals surface area contributed by atoms with E-state index >= 15 is 0 Å². The Kier molecular flexibility index (Phi) is 7.86. The summed E-state index contributed by atoms with van der Waals surface area (Å²) in [7, 11) is 2.32. The summed E-state index contributed by atoms with van der Waals surface area (Å²) in [5, 5.41) is 2.71. The topological polar surface area (TPSA) is 94.2 Å². The number of hydrogen-bond acceptors (Lipinski definition) is 6. The van der Waals surface area contributed by atoms with Crippen LogP contribution >= 0.6 is 0 Å². The molecular weight excluding hydrogens is 396 g/mol. The predicted molar refractivity (Wildman–Crippen MR) is 110 cm³/mol. The molecule has 0 saturated carbocycles. The van der Waals surface area contributed by atoms with Crippen molar-refractivity contribution in [2.45, 2.75) is 17.7 Å². The summed E-state index contributed by atoms with van der Waals surface area (Å²) in [4.78, 5) is 12.3. The SMILES string of the molecule is COc1ccc(OCCCC(=O)Nc2cc(S(=O)(=O)N(C)C)ccc2OC)cc1. The molecule has 0 saturated heterocycles. The Morgan fingerprint density at radius 2 is 1.66 bits per heavy atom. The van der Waals surface area contributed by atoms with E-state index in [9.17, 15) is 13.2 Å². The van der Waals surface area contributed by atoms with Gasteiger partial charge < -0.3 is 19.5 Å². The molecule has 2 rings (SSSR count). The molecule has 0 bridgehead atoms. The van der Waals surface area contributed by atoms with E-state index in [1.54, 1.807) is 31.4 Å². The van der Waals surface area contributed by atoms with Gasteiger partial charge in [-0.25, -0.2) is 12.7 Å². The second-order valence-corrected chi connectivity index (χ2v) is 8.48. The van der Waals surface area contributed by atoms with Crippen LogP contribution in [-0.4, -0.2) is 53.6 Å². The first-order chi connectivity index (χ1) is 13.8. The van der Waals surface area contributed by atoms with E-state index < -0.39 is 10.0 Å². The molecule has 0 spiro atoms. The number of ether oxygens (including phenoxy) is 3. The van der Waals surface area contributed by atoms with Gasteiger partial charge in [0.2, 0.25) is 15.9 Å². The molecule has 0 heterocycles. The summed E-state index contributed by atoms with van der Waals surface area (Å²) in [6.45, 7) is 0.367. The molecule has 0 aliphatic rings. The summed E-state index contributed by atoms with van der Waals surface area (Å²) in [5.74, 6) is 1.55. The van der Waals surface area contributed by atoms with Crippen LogP contribution in [0.15, 0.2) is 47.4 Å². The lowest BCUT2D eigenvalue weighted by atomic mass is 10.2. The number of methoxy groups -OCH3 is 2. The van der Waals surface area contributed by atoms with Gasteiger partial charge in [-0.3, -0.25) is 4.79 Å². The van der Waals surface area contributed by atoms with Crippen LogP contribution in [-0.2, 0) is 14.8 Å². The number of nitrogens with zero attached hydrogens (tertiary/aromatic N) is 1. The van der Waals surface area contributed by atoms with E-state index in [1.165, 1.54) is 39.4 Å². The molecule has 0 fully saturated rings. The second kappa shape index (κ2) is 10.1. The fraction of sp³-hybridized carbons (Fsp3) is 0.350. The molecule has 29 heavy (non-hydrogen) atoms. The van der Waals surface area contributed by atoms with Gasteiger partial charge in [-0.1, -0.05) is 0 Å². The van der Waals surface area contributed by atoms with Crippen LogP contribution in [0, 0.1) is 0 Å². The average molecular weight is 423 g/mol. The van der Waals surface area contributed by atoms with E-state index in [1.807, 2.05) is 0 Å². The number of nitrogens with one attached hydrogen (secondary N) is 1. The summed E-state index contributed by atoms with van der Waals surface area (Å²) in [6.07, 6.45) is 0.708. The highest BCUT2D eigenvalue weighted by Gasteiger charge is 2.19. The van der Waals surface area contributed by atoms with Crippen LogP contribution in [0.1, 0.15) is 12.8 Å². The number of sulfonamides is 1. The van der Waals surface area contributed by atoms with Crippen LogP contribution in [0.2, 0.25) is 0 Å². The third-order valence-corrected chi connectivity index (χ3v) is 5.91. The maximum Gasteiger partial charge on any atom is 0.242 e. The Hall–Kier alpha value is -2.78. The summed E-state index contributed by atoms with van der Waals surface area (Å²) >= 11 is 0.